The van der Waals surface area contributed by atoms with Crippen LogP contribution in [0.15, 0.2) is 11.4 Å². The van der Waals surface area contributed by atoms with E-state index in [-0.39, 0.29) is 0 Å². The summed E-state index contributed by atoms with van der Waals surface area (Å²) < 4.78 is 0. The van der Waals surface area contributed by atoms with Crippen LogP contribution >= 0.6 is 11.3 Å². The van der Waals surface area contributed by atoms with E-state index in [1.807, 2.05) is 11.4 Å². The van der Waals surface area contributed by atoms with Crippen LogP contribution in [0.5, 0.6) is 0 Å². The minimum absolute atomic E-state index is 0.438. The molecule has 3 rings (SSSR count). The van der Waals surface area contributed by atoms with Crippen molar-refractivity contribution in [3.05, 3.63) is 16.3 Å². The maximum atomic E-state index is 10.9. The molecule has 5 heteroatoms. The van der Waals surface area contributed by atoms with Gasteiger partial charge in [-0.1, -0.05) is 0 Å². The standard InChI is InChI=1S/C13H18N2O2S/c1-14-9-2-3-10(14)7-15(5-4-9)11-6-12(13(16)17)18-8-11/h6,8-10H,2-5,7H2,1H3,(H,16,17). The van der Waals surface area contributed by atoms with Gasteiger partial charge in [0.25, 0.3) is 0 Å². The van der Waals surface area contributed by atoms with E-state index in [1.54, 1.807) is 0 Å². The average molecular weight is 266 g/mol. The Morgan fingerprint density at radius 1 is 1.39 bits per heavy atom. The molecule has 0 spiro atoms. The van der Waals surface area contributed by atoms with Gasteiger partial charge in [0.2, 0.25) is 0 Å². The van der Waals surface area contributed by atoms with Crippen molar-refractivity contribution in [2.45, 2.75) is 31.3 Å². The molecule has 98 valence electrons. The molecule has 2 fully saturated rings. The molecular formula is C13H18N2O2S. The van der Waals surface area contributed by atoms with Crippen molar-refractivity contribution >= 4 is 23.0 Å². The summed E-state index contributed by atoms with van der Waals surface area (Å²) in [7, 11) is 2.22. The van der Waals surface area contributed by atoms with Crippen LogP contribution in [0.25, 0.3) is 0 Å². The first-order chi connectivity index (χ1) is 8.65. The van der Waals surface area contributed by atoms with Crippen molar-refractivity contribution in [3.63, 3.8) is 0 Å². The van der Waals surface area contributed by atoms with Crippen LogP contribution in [0, 0.1) is 0 Å². The van der Waals surface area contributed by atoms with Crippen molar-refractivity contribution in [1.82, 2.24) is 4.90 Å². The Kier molecular flexibility index (Phi) is 3.03. The molecule has 3 heterocycles. The number of thiophene rings is 1. The molecule has 1 aromatic rings. The minimum Gasteiger partial charge on any atom is -0.477 e. The highest BCUT2D eigenvalue weighted by Crippen LogP contribution is 2.32. The maximum absolute atomic E-state index is 10.9. The van der Waals surface area contributed by atoms with Gasteiger partial charge < -0.3 is 10.0 Å². The van der Waals surface area contributed by atoms with Gasteiger partial charge in [-0.25, -0.2) is 4.79 Å². The summed E-state index contributed by atoms with van der Waals surface area (Å²) in [6, 6.07) is 3.16. The summed E-state index contributed by atoms with van der Waals surface area (Å²) in [6.07, 6.45) is 3.78. The summed E-state index contributed by atoms with van der Waals surface area (Å²) in [5.41, 5.74) is 1.08. The van der Waals surface area contributed by atoms with E-state index in [1.165, 1.54) is 30.6 Å². The topological polar surface area (TPSA) is 43.8 Å². The molecule has 2 atom stereocenters. The van der Waals surface area contributed by atoms with Crippen molar-refractivity contribution in [1.29, 1.82) is 0 Å². The fraction of sp³-hybridized carbons (Fsp3) is 0.615. The molecule has 2 aliphatic heterocycles. The number of carboxylic acids is 1. The first-order valence-corrected chi connectivity index (χ1v) is 7.32. The van der Waals surface area contributed by atoms with Gasteiger partial charge >= 0.3 is 5.97 Å². The molecule has 1 aromatic heterocycles. The third kappa shape index (κ3) is 2.01. The van der Waals surface area contributed by atoms with Crippen molar-refractivity contribution in [2.75, 3.05) is 25.0 Å². The lowest BCUT2D eigenvalue weighted by Gasteiger charge is -2.26. The molecule has 0 aliphatic carbocycles. The van der Waals surface area contributed by atoms with Crippen molar-refractivity contribution in [3.8, 4) is 0 Å². The van der Waals surface area contributed by atoms with Crippen LogP contribution in [0.1, 0.15) is 28.9 Å². The third-order valence-electron chi connectivity index (χ3n) is 4.31. The Morgan fingerprint density at radius 2 is 2.17 bits per heavy atom. The van der Waals surface area contributed by atoms with Gasteiger partial charge in [0.15, 0.2) is 0 Å². The highest BCUT2D eigenvalue weighted by molar-refractivity contribution is 7.12. The summed E-state index contributed by atoms with van der Waals surface area (Å²) in [5.74, 6) is -0.820. The lowest BCUT2D eigenvalue weighted by Crippen LogP contribution is -2.36. The van der Waals surface area contributed by atoms with Crippen LogP contribution in [-0.4, -0.2) is 48.2 Å². The minimum atomic E-state index is -0.820. The second kappa shape index (κ2) is 4.55. The molecule has 1 N–H and O–H groups in total. The number of carbonyl (C=O) groups is 1. The lowest BCUT2D eigenvalue weighted by atomic mass is 10.1. The Morgan fingerprint density at radius 3 is 2.89 bits per heavy atom. The second-order valence-electron chi connectivity index (χ2n) is 5.26. The molecule has 4 nitrogen and oxygen atoms in total. The lowest BCUT2D eigenvalue weighted by molar-refractivity contribution is 0.0702. The van der Waals surface area contributed by atoms with Gasteiger partial charge in [-0.3, -0.25) is 4.90 Å². The quantitative estimate of drug-likeness (QED) is 0.890. The zero-order chi connectivity index (χ0) is 12.7. The summed E-state index contributed by atoms with van der Waals surface area (Å²) in [4.78, 5) is 16.2. The number of hydrogen-bond donors (Lipinski definition) is 1. The number of fused-ring (bicyclic) bond motifs is 2. The number of aromatic carboxylic acids is 1. The van der Waals surface area contributed by atoms with Gasteiger partial charge in [0.1, 0.15) is 4.88 Å². The van der Waals surface area contributed by atoms with Gasteiger partial charge in [0.05, 0.1) is 0 Å². The molecule has 0 saturated carbocycles. The molecule has 2 bridgehead atoms. The summed E-state index contributed by atoms with van der Waals surface area (Å²) in [6.45, 7) is 2.07. The Labute approximate surface area is 111 Å². The van der Waals surface area contributed by atoms with Crippen LogP contribution in [-0.2, 0) is 0 Å². The number of anilines is 1. The van der Waals surface area contributed by atoms with Crippen LogP contribution < -0.4 is 4.90 Å². The van der Waals surface area contributed by atoms with E-state index in [0.717, 1.165) is 24.8 Å². The third-order valence-corrected chi connectivity index (χ3v) is 5.22. The molecule has 2 unspecified atom stereocenters. The van der Waals surface area contributed by atoms with Gasteiger partial charge in [-0.15, -0.1) is 11.3 Å². The predicted octanol–water partition coefficient (Wildman–Crippen LogP) is 2.12. The van der Waals surface area contributed by atoms with E-state index in [2.05, 4.69) is 16.8 Å². The smallest absolute Gasteiger partial charge is 0.345 e. The summed E-state index contributed by atoms with van der Waals surface area (Å²) in [5, 5.41) is 11.0. The Hall–Kier alpha value is -1.07. The molecular weight excluding hydrogens is 248 g/mol. The van der Waals surface area contributed by atoms with E-state index >= 15 is 0 Å². The number of likely N-dealkylation sites (N-methyl/N-ethyl adjacent to an activating group) is 1. The van der Waals surface area contributed by atoms with Crippen LogP contribution in [0.4, 0.5) is 5.69 Å². The van der Waals surface area contributed by atoms with Gasteiger partial charge in [-0.05, 0) is 32.4 Å². The predicted molar refractivity (Wildman–Crippen MR) is 72.7 cm³/mol. The largest absolute Gasteiger partial charge is 0.477 e. The molecule has 0 amide bonds. The number of hydrogen-bond acceptors (Lipinski definition) is 4. The first-order valence-electron chi connectivity index (χ1n) is 6.44. The molecule has 0 aromatic carbocycles. The monoisotopic (exact) mass is 266 g/mol. The fourth-order valence-corrected chi connectivity index (χ4v) is 3.90. The Balaban J connectivity index is 1.78. The molecule has 18 heavy (non-hydrogen) atoms. The second-order valence-corrected chi connectivity index (χ2v) is 6.17. The van der Waals surface area contributed by atoms with Crippen LogP contribution in [0.3, 0.4) is 0 Å². The van der Waals surface area contributed by atoms with Crippen molar-refractivity contribution < 1.29 is 9.90 Å². The molecule has 2 aliphatic rings. The van der Waals surface area contributed by atoms with E-state index < -0.39 is 5.97 Å². The Bertz CT molecular complexity index is 460. The van der Waals surface area contributed by atoms with Gasteiger partial charge in [0, 0.05) is 36.2 Å². The SMILES string of the molecule is CN1C2CCC1CN(c1csc(C(=O)O)c1)CC2. The highest BCUT2D eigenvalue weighted by atomic mass is 32.1. The zero-order valence-corrected chi connectivity index (χ0v) is 11.3. The highest BCUT2D eigenvalue weighted by Gasteiger charge is 2.34. The van der Waals surface area contributed by atoms with E-state index in [0.29, 0.717) is 10.9 Å². The maximum Gasteiger partial charge on any atom is 0.345 e. The summed E-state index contributed by atoms with van der Waals surface area (Å²) >= 11 is 1.32. The van der Waals surface area contributed by atoms with E-state index in [4.69, 9.17) is 5.11 Å². The molecule has 0 radical (unpaired) electrons. The normalized spacial score (nSPS) is 28.4. The number of nitrogens with zero attached hydrogens (tertiary/aromatic N) is 2. The average Bonchev–Trinajstić information content (AvgIpc) is 2.86. The van der Waals surface area contributed by atoms with E-state index in [9.17, 15) is 4.79 Å². The van der Waals surface area contributed by atoms with Gasteiger partial charge in [-0.2, -0.15) is 0 Å². The zero-order valence-electron chi connectivity index (χ0n) is 10.5. The van der Waals surface area contributed by atoms with Crippen molar-refractivity contribution in [2.24, 2.45) is 0 Å². The van der Waals surface area contributed by atoms with Crippen LogP contribution in [0.2, 0.25) is 0 Å². The fourth-order valence-electron chi connectivity index (χ4n) is 3.15. The number of carboxylic acid groups (broad SMARTS) is 1. The number of rotatable bonds is 2. The molecule has 2 saturated heterocycles. The first kappa shape index (κ1) is 12.0.